The van der Waals surface area contributed by atoms with E-state index in [0.29, 0.717) is 19.8 Å². The highest BCUT2D eigenvalue weighted by atomic mass is 16.7. The molecular formula is C15H29N3O2. The van der Waals surface area contributed by atoms with Gasteiger partial charge >= 0.3 is 0 Å². The van der Waals surface area contributed by atoms with Crippen molar-refractivity contribution in [3.63, 3.8) is 0 Å². The topological polar surface area (TPSA) is 48.3 Å². The second-order valence-electron chi connectivity index (χ2n) is 5.90. The monoisotopic (exact) mass is 283 g/mol. The van der Waals surface area contributed by atoms with E-state index in [-0.39, 0.29) is 11.7 Å². The number of hydrogen-bond acceptors (Lipinski definition) is 4. The Morgan fingerprint density at radius 1 is 1.25 bits per heavy atom. The van der Waals surface area contributed by atoms with Gasteiger partial charge < -0.3 is 14.8 Å². The quantitative estimate of drug-likeness (QED) is 0.743. The molecule has 0 unspecified atom stereocenters. The third-order valence-electron chi connectivity index (χ3n) is 2.95. The third kappa shape index (κ3) is 5.23. The Labute approximate surface area is 122 Å². The second-order valence-corrected chi connectivity index (χ2v) is 5.90. The van der Waals surface area contributed by atoms with Crippen LogP contribution in [0.2, 0.25) is 0 Å². The summed E-state index contributed by atoms with van der Waals surface area (Å²) in [5, 5.41) is 7.96. The van der Waals surface area contributed by atoms with Crippen molar-refractivity contribution < 1.29 is 9.47 Å². The Morgan fingerprint density at radius 3 is 2.35 bits per heavy atom. The van der Waals surface area contributed by atoms with Crippen LogP contribution in [0.1, 0.15) is 45.9 Å². The molecule has 0 atom stereocenters. The molecule has 1 heterocycles. The molecule has 0 saturated heterocycles. The molecule has 20 heavy (non-hydrogen) atoms. The van der Waals surface area contributed by atoms with Crippen molar-refractivity contribution in [2.24, 2.45) is 7.05 Å². The summed E-state index contributed by atoms with van der Waals surface area (Å²) in [5.74, 6) is 0. The lowest BCUT2D eigenvalue weighted by Crippen LogP contribution is -2.31. The first kappa shape index (κ1) is 17.1. The normalized spacial score (nSPS) is 12.3. The molecule has 0 saturated carbocycles. The maximum atomic E-state index is 5.52. The number of ether oxygens (including phenoxy) is 2. The van der Waals surface area contributed by atoms with Crippen molar-refractivity contribution in [3.05, 3.63) is 17.5 Å². The fourth-order valence-electron chi connectivity index (χ4n) is 2.16. The minimum Gasteiger partial charge on any atom is -0.352 e. The molecule has 116 valence electrons. The molecule has 0 aliphatic carbocycles. The van der Waals surface area contributed by atoms with E-state index in [2.05, 4.69) is 37.4 Å². The van der Waals surface area contributed by atoms with Gasteiger partial charge in [0.15, 0.2) is 6.29 Å². The maximum absolute atomic E-state index is 5.52. The van der Waals surface area contributed by atoms with Gasteiger partial charge in [-0.3, -0.25) is 4.68 Å². The van der Waals surface area contributed by atoms with Crippen molar-refractivity contribution in [2.75, 3.05) is 19.8 Å². The Kier molecular flexibility index (Phi) is 6.65. The van der Waals surface area contributed by atoms with Crippen LogP contribution in [0.4, 0.5) is 0 Å². The van der Waals surface area contributed by atoms with Crippen LogP contribution in [0, 0.1) is 0 Å². The van der Waals surface area contributed by atoms with E-state index in [1.165, 1.54) is 5.56 Å². The fraction of sp³-hybridized carbons (Fsp3) is 0.800. The summed E-state index contributed by atoms with van der Waals surface area (Å²) in [6, 6.07) is 0. The van der Waals surface area contributed by atoms with E-state index in [0.717, 1.165) is 12.2 Å². The predicted molar refractivity (Wildman–Crippen MR) is 80.7 cm³/mol. The van der Waals surface area contributed by atoms with Crippen molar-refractivity contribution in [1.29, 1.82) is 0 Å². The van der Waals surface area contributed by atoms with Crippen LogP contribution in [-0.2, 0) is 28.5 Å². The fourth-order valence-corrected chi connectivity index (χ4v) is 2.16. The van der Waals surface area contributed by atoms with E-state index in [1.54, 1.807) is 0 Å². The minimum atomic E-state index is -0.181. The van der Waals surface area contributed by atoms with E-state index < -0.39 is 0 Å². The summed E-state index contributed by atoms with van der Waals surface area (Å²) < 4.78 is 12.9. The number of aromatic nitrogens is 2. The van der Waals surface area contributed by atoms with Crippen LogP contribution in [-0.4, -0.2) is 35.8 Å². The third-order valence-corrected chi connectivity index (χ3v) is 2.95. The molecule has 0 amide bonds. The molecule has 1 rings (SSSR count). The van der Waals surface area contributed by atoms with Gasteiger partial charge in [-0.25, -0.2) is 0 Å². The lowest BCUT2D eigenvalue weighted by atomic mass is 9.89. The molecule has 0 fully saturated rings. The number of nitrogens with one attached hydrogen (secondary N) is 1. The second kappa shape index (κ2) is 7.76. The Morgan fingerprint density at radius 2 is 1.85 bits per heavy atom. The lowest BCUT2D eigenvalue weighted by molar-refractivity contribution is -0.133. The zero-order valence-electron chi connectivity index (χ0n) is 13.7. The van der Waals surface area contributed by atoms with E-state index in [1.807, 2.05) is 25.6 Å². The van der Waals surface area contributed by atoms with Gasteiger partial charge in [-0.2, -0.15) is 5.10 Å². The van der Waals surface area contributed by atoms with E-state index in [4.69, 9.17) is 9.47 Å². The van der Waals surface area contributed by atoms with Crippen LogP contribution < -0.4 is 5.32 Å². The SMILES string of the molecule is CCOC(CNCc1cn(C)nc1C(C)(C)C)OCC. The summed E-state index contributed by atoms with van der Waals surface area (Å²) in [6.07, 6.45) is 1.89. The molecule has 0 radical (unpaired) electrons. The van der Waals surface area contributed by atoms with Crippen molar-refractivity contribution in [2.45, 2.75) is 52.9 Å². The highest BCUT2D eigenvalue weighted by molar-refractivity contribution is 5.23. The number of hydrogen-bond donors (Lipinski definition) is 1. The molecule has 5 nitrogen and oxygen atoms in total. The highest BCUT2D eigenvalue weighted by Crippen LogP contribution is 2.23. The smallest absolute Gasteiger partial charge is 0.169 e. The molecule has 1 N–H and O–H groups in total. The Bertz CT molecular complexity index is 390. The van der Waals surface area contributed by atoms with Crippen LogP contribution in [0.5, 0.6) is 0 Å². The zero-order chi connectivity index (χ0) is 15.2. The summed E-state index contributed by atoms with van der Waals surface area (Å²) in [6.45, 7) is 13.3. The molecule has 0 aromatic carbocycles. The van der Waals surface area contributed by atoms with Gasteiger partial charge in [0.25, 0.3) is 0 Å². The zero-order valence-corrected chi connectivity index (χ0v) is 13.7. The molecule has 5 heteroatoms. The lowest BCUT2D eigenvalue weighted by Gasteiger charge is -2.19. The summed E-state index contributed by atoms with van der Waals surface area (Å²) >= 11 is 0. The van der Waals surface area contributed by atoms with Crippen molar-refractivity contribution >= 4 is 0 Å². The van der Waals surface area contributed by atoms with Gasteiger partial charge in [-0.15, -0.1) is 0 Å². The highest BCUT2D eigenvalue weighted by Gasteiger charge is 2.21. The van der Waals surface area contributed by atoms with Crippen LogP contribution in [0.3, 0.4) is 0 Å². The summed E-state index contributed by atoms with van der Waals surface area (Å²) in [7, 11) is 1.96. The molecule has 0 aliphatic rings. The average molecular weight is 283 g/mol. The molecule has 1 aromatic heterocycles. The van der Waals surface area contributed by atoms with Gasteiger partial charge in [0.2, 0.25) is 0 Å². The molecule has 1 aromatic rings. The minimum absolute atomic E-state index is 0.0531. The number of nitrogens with zero attached hydrogens (tertiary/aromatic N) is 2. The summed E-state index contributed by atoms with van der Waals surface area (Å²) in [5.41, 5.74) is 2.42. The number of rotatable bonds is 8. The largest absolute Gasteiger partial charge is 0.352 e. The van der Waals surface area contributed by atoms with Crippen LogP contribution in [0.25, 0.3) is 0 Å². The van der Waals surface area contributed by atoms with Gasteiger partial charge in [0.05, 0.1) is 5.69 Å². The average Bonchev–Trinajstić information content (AvgIpc) is 2.71. The first-order valence-electron chi connectivity index (χ1n) is 7.35. The molecule has 0 spiro atoms. The summed E-state index contributed by atoms with van der Waals surface area (Å²) in [4.78, 5) is 0. The standard InChI is InChI=1S/C15H29N3O2/c1-7-19-13(20-8-2)10-16-9-12-11-18(6)17-14(12)15(3,4)5/h11,13,16H,7-10H2,1-6H3. The predicted octanol–water partition coefficient (Wildman–Crippen LogP) is 2.21. The first-order chi connectivity index (χ1) is 9.38. The van der Waals surface area contributed by atoms with Crippen LogP contribution >= 0.6 is 0 Å². The van der Waals surface area contributed by atoms with Gasteiger partial charge in [0, 0.05) is 50.5 Å². The van der Waals surface area contributed by atoms with Gasteiger partial charge in [0.1, 0.15) is 0 Å². The molecule has 0 aliphatic heterocycles. The van der Waals surface area contributed by atoms with E-state index in [9.17, 15) is 0 Å². The van der Waals surface area contributed by atoms with Gasteiger partial charge in [-0.1, -0.05) is 20.8 Å². The van der Waals surface area contributed by atoms with E-state index >= 15 is 0 Å². The van der Waals surface area contributed by atoms with Crippen molar-refractivity contribution in [3.8, 4) is 0 Å². The van der Waals surface area contributed by atoms with Gasteiger partial charge in [-0.05, 0) is 13.8 Å². The van der Waals surface area contributed by atoms with Crippen molar-refractivity contribution in [1.82, 2.24) is 15.1 Å². The van der Waals surface area contributed by atoms with Crippen LogP contribution in [0.15, 0.2) is 6.20 Å². The Hall–Kier alpha value is -0.910. The first-order valence-corrected chi connectivity index (χ1v) is 7.35. The maximum Gasteiger partial charge on any atom is 0.169 e. The number of aryl methyl sites for hydroxylation is 1. The molecule has 0 bridgehead atoms. The molecular weight excluding hydrogens is 254 g/mol. The Balaban J connectivity index is 2.57.